The van der Waals surface area contributed by atoms with E-state index in [0.29, 0.717) is 28.5 Å². The van der Waals surface area contributed by atoms with Crippen LogP contribution >= 0.6 is 11.8 Å². The maximum absolute atomic E-state index is 12.9. The number of hydrogen-bond donors (Lipinski definition) is 1. The van der Waals surface area contributed by atoms with Crippen LogP contribution in [0.1, 0.15) is 31.0 Å². The number of halogens is 3. The number of fused-ring (bicyclic) bond motifs is 1. The third-order valence-electron chi connectivity index (χ3n) is 4.23. The van der Waals surface area contributed by atoms with Crippen LogP contribution in [-0.2, 0) is 15.7 Å². The van der Waals surface area contributed by atoms with Crippen LogP contribution in [0, 0.1) is 0 Å². The van der Waals surface area contributed by atoms with Crippen molar-refractivity contribution in [1.82, 2.24) is 14.8 Å². The molecule has 0 radical (unpaired) electrons. The van der Waals surface area contributed by atoms with Crippen molar-refractivity contribution in [3.8, 4) is 0 Å². The van der Waals surface area contributed by atoms with E-state index in [0.717, 1.165) is 17.9 Å². The molecule has 0 aliphatic carbocycles. The zero-order chi connectivity index (χ0) is 20.3. The van der Waals surface area contributed by atoms with Crippen molar-refractivity contribution in [2.45, 2.75) is 26.1 Å². The highest BCUT2D eigenvalue weighted by atomic mass is 32.2. The molecule has 1 aromatic heterocycles. The molecule has 0 fully saturated rings. The van der Waals surface area contributed by atoms with Gasteiger partial charge in [0.2, 0.25) is 5.95 Å². The third kappa shape index (κ3) is 4.16. The Morgan fingerprint density at radius 1 is 1.32 bits per heavy atom. The van der Waals surface area contributed by atoms with Gasteiger partial charge in [0.25, 0.3) is 0 Å². The fourth-order valence-corrected chi connectivity index (χ4v) is 3.42. The topological polar surface area (TPSA) is 69.0 Å². The van der Waals surface area contributed by atoms with Crippen LogP contribution in [0.3, 0.4) is 0 Å². The molecule has 3 rings (SSSR count). The molecule has 0 saturated carbocycles. The molecule has 2 aromatic rings. The molecule has 0 amide bonds. The molecule has 0 saturated heterocycles. The lowest BCUT2D eigenvalue weighted by molar-refractivity contribution is -0.139. The van der Waals surface area contributed by atoms with E-state index in [9.17, 15) is 18.0 Å². The number of thioether (sulfide) groups is 1. The summed E-state index contributed by atoms with van der Waals surface area (Å²) in [5.74, 6) is 1.45. The van der Waals surface area contributed by atoms with Gasteiger partial charge < -0.3 is 10.1 Å². The fourth-order valence-electron chi connectivity index (χ4n) is 2.93. The summed E-state index contributed by atoms with van der Waals surface area (Å²) in [6.07, 6.45) is -3.12. The standard InChI is InChI=1S/C18H19F3N4O2S/c1-3-28-9-8-27-16(26)14-11(2)24-17-22-10-23-25(17)15(14)12-4-6-13(7-5-12)18(19,20)21/h4-7,10,15H,3,8-9H2,1-2H3,(H,22,23,24). The van der Waals surface area contributed by atoms with Gasteiger partial charge in [-0.15, -0.1) is 0 Å². The molecule has 0 bridgehead atoms. The highest BCUT2D eigenvalue weighted by Gasteiger charge is 2.35. The maximum atomic E-state index is 12.9. The normalized spacial score (nSPS) is 16.5. The van der Waals surface area contributed by atoms with Crippen LogP contribution in [0.25, 0.3) is 0 Å². The molecule has 1 unspecified atom stereocenters. The predicted octanol–water partition coefficient (Wildman–Crippen LogP) is 3.88. The minimum atomic E-state index is -4.43. The van der Waals surface area contributed by atoms with E-state index in [1.807, 2.05) is 6.92 Å². The van der Waals surface area contributed by atoms with Crippen molar-refractivity contribution < 1.29 is 22.7 Å². The Kier molecular flexibility index (Phi) is 5.97. The lowest BCUT2D eigenvalue weighted by atomic mass is 9.95. The smallest absolute Gasteiger partial charge is 0.416 e. The Labute approximate surface area is 164 Å². The molecule has 2 heterocycles. The highest BCUT2D eigenvalue weighted by Crippen LogP contribution is 2.36. The lowest BCUT2D eigenvalue weighted by Crippen LogP contribution is -2.30. The van der Waals surface area contributed by atoms with Gasteiger partial charge in [0.15, 0.2) is 0 Å². The number of carbonyl (C=O) groups is 1. The summed E-state index contributed by atoms with van der Waals surface area (Å²) in [5.41, 5.74) is 0.540. The number of esters is 1. The molecule has 6 nitrogen and oxygen atoms in total. The highest BCUT2D eigenvalue weighted by molar-refractivity contribution is 7.99. The number of rotatable bonds is 6. The number of nitrogens with one attached hydrogen (secondary N) is 1. The van der Waals surface area contributed by atoms with E-state index < -0.39 is 23.8 Å². The van der Waals surface area contributed by atoms with E-state index in [2.05, 4.69) is 15.4 Å². The van der Waals surface area contributed by atoms with Crippen molar-refractivity contribution >= 4 is 23.7 Å². The molecule has 1 aliphatic rings. The predicted molar refractivity (Wildman–Crippen MR) is 99.9 cm³/mol. The number of alkyl halides is 3. The van der Waals surface area contributed by atoms with Crippen molar-refractivity contribution in [2.75, 3.05) is 23.4 Å². The number of aromatic nitrogens is 3. The Hall–Kier alpha value is -2.49. The number of carbonyl (C=O) groups excluding carboxylic acids is 1. The quantitative estimate of drug-likeness (QED) is 0.574. The second-order valence-corrected chi connectivity index (χ2v) is 7.44. The van der Waals surface area contributed by atoms with Gasteiger partial charge in [-0.05, 0) is 30.4 Å². The summed E-state index contributed by atoms with van der Waals surface area (Å²) < 4.78 is 45.5. The van der Waals surface area contributed by atoms with Crippen LogP contribution < -0.4 is 5.32 Å². The van der Waals surface area contributed by atoms with Crippen LogP contribution in [0.4, 0.5) is 19.1 Å². The van der Waals surface area contributed by atoms with E-state index in [-0.39, 0.29) is 6.61 Å². The summed E-state index contributed by atoms with van der Waals surface area (Å²) >= 11 is 1.65. The Bertz CT molecular complexity index is 878. The average Bonchev–Trinajstić information content (AvgIpc) is 3.11. The largest absolute Gasteiger partial charge is 0.461 e. The van der Waals surface area contributed by atoms with Crippen molar-refractivity contribution in [3.63, 3.8) is 0 Å². The number of nitrogens with zero attached hydrogens (tertiary/aromatic N) is 3. The van der Waals surface area contributed by atoms with Crippen LogP contribution in [0.15, 0.2) is 41.9 Å². The van der Waals surface area contributed by atoms with Gasteiger partial charge in [-0.2, -0.15) is 35.0 Å². The first-order valence-electron chi connectivity index (χ1n) is 8.62. The first-order chi connectivity index (χ1) is 13.3. The molecule has 28 heavy (non-hydrogen) atoms. The van der Waals surface area contributed by atoms with E-state index >= 15 is 0 Å². The Morgan fingerprint density at radius 3 is 2.68 bits per heavy atom. The molecule has 1 atom stereocenters. The van der Waals surface area contributed by atoms with Crippen molar-refractivity contribution in [3.05, 3.63) is 53.0 Å². The number of ether oxygens (including phenoxy) is 1. The molecule has 150 valence electrons. The van der Waals surface area contributed by atoms with Crippen LogP contribution in [0.5, 0.6) is 0 Å². The molecule has 1 aliphatic heterocycles. The molecule has 1 aromatic carbocycles. The summed E-state index contributed by atoms with van der Waals surface area (Å²) in [5, 5.41) is 7.13. The van der Waals surface area contributed by atoms with Crippen molar-refractivity contribution in [1.29, 1.82) is 0 Å². The lowest BCUT2D eigenvalue weighted by Gasteiger charge is -2.28. The molecule has 1 N–H and O–H groups in total. The van der Waals surface area contributed by atoms with Gasteiger partial charge >= 0.3 is 12.1 Å². The van der Waals surface area contributed by atoms with E-state index in [1.54, 1.807) is 18.7 Å². The van der Waals surface area contributed by atoms with Gasteiger partial charge in [-0.25, -0.2) is 9.48 Å². The zero-order valence-corrected chi connectivity index (χ0v) is 16.1. The molecular weight excluding hydrogens is 393 g/mol. The van der Waals surface area contributed by atoms with Gasteiger partial charge in [-0.1, -0.05) is 19.1 Å². The second kappa shape index (κ2) is 8.26. The van der Waals surface area contributed by atoms with Crippen molar-refractivity contribution in [2.24, 2.45) is 0 Å². The van der Waals surface area contributed by atoms with E-state index in [4.69, 9.17) is 4.74 Å². The van der Waals surface area contributed by atoms with Gasteiger partial charge in [-0.3, -0.25) is 0 Å². The zero-order valence-electron chi connectivity index (χ0n) is 15.3. The first-order valence-corrected chi connectivity index (χ1v) is 9.77. The monoisotopic (exact) mass is 412 g/mol. The number of anilines is 1. The number of benzene rings is 1. The third-order valence-corrected chi connectivity index (χ3v) is 5.10. The summed E-state index contributed by atoms with van der Waals surface area (Å²) in [6.45, 7) is 3.96. The van der Waals surface area contributed by atoms with E-state index in [1.165, 1.54) is 23.1 Å². The number of hydrogen-bond acceptors (Lipinski definition) is 6. The summed E-state index contributed by atoms with van der Waals surface area (Å²) in [6, 6.07) is 3.94. The Morgan fingerprint density at radius 2 is 2.04 bits per heavy atom. The molecule has 0 spiro atoms. The SMILES string of the molecule is CCSCCOC(=O)C1=C(C)Nc2ncnn2C1c1ccc(C(F)(F)F)cc1. The van der Waals surface area contributed by atoms with Crippen LogP contribution in [-0.4, -0.2) is 38.8 Å². The van der Waals surface area contributed by atoms with Crippen LogP contribution in [0.2, 0.25) is 0 Å². The average molecular weight is 412 g/mol. The first kappa shape index (κ1) is 20.2. The summed E-state index contributed by atoms with van der Waals surface area (Å²) in [7, 11) is 0. The molecule has 10 heteroatoms. The van der Waals surface area contributed by atoms with Gasteiger partial charge in [0, 0.05) is 11.4 Å². The van der Waals surface area contributed by atoms with Gasteiger partial charge in [0.05, 0.1) is 11.1 Å². The Balaban J connectivity index is 1.94. The molecular formula is C18H19F3N4O2S. The van der Waals surface area contributed by atoms with Gasteiger partial charge in [0.1, 0.15) is 19.0 Å². The minimum Gasteiger partial charge on any atom is -0.461 e. The maximum Gasteiger partial charge on any atom is 0.416 e. The number of allylic oxidation sites excluding steroid dienone is 1. The second-order valence-electron chi connectivity index (χ2n) is 6.05. The minimum absolute atomic E-state index is 0.248. The fraction of sp³-hybridized carbons (Fsp3) is 0.389. The summed E-state index contributed by atoms with van der Waals surface area (Å²) in [4.78, 5) is 16.8.